The zero-order valence-electron chi connectivity index (χ0n) is 7.53. The summed E-state index contributed by atoms with van der Waals surface area (Å²) in [5.74, 6) is 1.23. The molecule has 0 aliphatic heterocycles. The van der Waals surface area contributed by atoms with Crippen LogP contribution in [0.15, 0.2) is 47.6 Å². The summed E-state index contributed by atoms with van der Waals surface area (Å²) in [6.45, 7) is 0. The van der Waals surface area contributed by atoms with Crippen molar-refractivity contribution in [1.82, 2.24) is 0 Å². The molecular formula is C13H12. The monoisotopic (exact) mass is 168 g/mol. The van der Waals surface area contributed by atoms with Gasteiger partial charge in [-0.25, -0.2) is 0 Å². The first-order valence-corrected chi connectivity index (χ1v) is 4.96. The zero-order chi connectivity index (χ0) is 8.67. The molecule has 64 valence electrons. The minimum Gasteiger partial charge on any atom is -0.0876 e. The van der Waals surface area contributed by atoms with Crippen molar-refractivity contribution in [2.75, 3.05) is 0 Å². The summed E-state index contributed by atoms with van der Waals surface area (Å²) >= 11 is 0. The highest BCUT2D eigenvalue weighted by Gasteiger charge is 2.30. The Morgan fingerprint density at radius 3 is 3.23 bits per heavy atom. The van der Waals surface area contributed by atoms with Crippen molar-refractivity contribution in [3.63, 3.8) is 0 Å². The molecular weight excluding hydrogens is 156 g/mol. The Labute approximate surface area is 79.3 Å². The molecule has 0 spiro atoms. The average Bonchev–Trinajstić information content (AvgIpc) is 2.65. The van der Waals surface area contributed by atoms with E-state index in [1.54, 1.807) is 5.57 Å². The molecule has 0 heterocycles. The van der Waals surface area contributed by atoms with E-state index in [1.165, 1.54) is 18.4 Å². The largest absolute Gasteiger partial charge is 0.0876 e. The van der Waals surface area contributed by atoms with Crippen LogP contribution in [0.1, 0.15) is 12.8 Å². The smallest absolute Gasteiger partial charge is 0.0384 e. The van der Waals surface area contributed by atoms with Crippen LogP contribution in [0.3, 0.4) is 0 Å². The Morgan fingerprint density at radius 2 is 2.23 bits per heavy atom. The van der Waals surface area contributed by atoms with E-state index >= 15 is 0 Å². The van der Waals surface area contributed by atoms with Crippen LogP contribution in [-0.2, 0) is 0 Å². The highest BCUT2D eigenvalue weighted by Crippen LogP contribution is 2.41. The van der Waals surface area contributed by atoms with E-state index < -0.39 is 0 Å². The first kappa shape index (κ1) is 7.37. The maximum Gasteiger partial charge on any atom is 0.0384 e. The summed E-state index contributed by atoms with van der Waals surface area (Å²) in [5.41, 5.74) is 2.93. The van der Waals surface area contributed by atoms with Crippen molar-refractivity contribution in [1.29, 1.82) is 0 Å². The minimum atomic E-state index is 0.594. The van der Waals surface area contributed by atoms with Gasteiger partial charge in [0.2, 0.25) is 0 Å². The molecule has 0 amide bonds. The summed E-state index contributed by atoms with van der Waals surface area (Å²) in [5, 5.41) is 0. The quantitative estimate of drug-likeness (QED) is 0.487. The van der Waals surface area contributed by atoms with Gasteiger partial charge in [-0.15, -0.1) is 0 Å². The first-order valence-electron chi connectivity index (χ1n) is 4.96. The molecule has 3 aliphatic carbocycles. The Hall–Kier alpha value is -1.04. The van der Waals surface area contributed by atoms with Crippen LogP contribution in [0.25, 0.3) is 0 Å². The molecule has 0 fully saturated rings. The van der Waals surface area contributed by atoms with Crippen molar-refractivity contribution >= 4 is 0 Å². The highest BCUT2D eigenvalue weighted by atomic mass is 14.3. The molecule has 0 heteroatoms. The Bertz CT molecular complexity index is 339. The molecule has 0 aromatic rings. The van der Waals surface area contributed by atoms with Gasteiger partial charge < -0.3 is 0 Å². The molecule has 3 aliphatic rings. The number of allylic oxidation sites excluding steroid dienone is 8. The molecule has 2 atom stereocenters. The summed E-state index contributed by atoms with van der Waals surface area (Å²) in [6.07, 6.45) is 19.3. The first-order chi connectivity index (χ1) is 6.45. The lowest BCUT2D eigenvalue weighted by molar-refractivity contribution is 0.566. The third-order valence-corrected chi connectivity index (χ3v) is 3.14. The van der Waals surface area contributed by atoms with Gasteiger partial charge in [-0.1, -0.05) is 42.0 Å². The molecule has 0 nitrogen and oxygen atoms in total. The minimum absolute atomic E-state index is 0.594. The molecule has 0 aromatic heterocycles. The third kappa shape index (κ3) is 1.05. The van der Waals surface area contributed by atoms with Gasteiger partial charge in [0.25, 0.3) is 0 Å². The lowest BCUT2D eigenvalue weighted by Crippen LogP contribution is -2.20. The van der Waals surface area contributed by atoms with Gasteiger partial charge in [-0.05, 0) is 18.4 Å². The van der Waals surface area contributed by atoms with Gasteiger partial charge in [0.15, 0.2) is 0 Å². The molecule has 0 N–H and O–H groups in total. The molecule has 0 aromatic carbocycles. The number of hydrogen-bond donors (Lipinski definition) is 0. The Balaban J connectivity index is 2.02. The number of rotatable bonds is 0. The van der Waals surface area contributed by atoms with Crippen LogP contribution in [0.5, 0.6) is 0 Å². The number of hydrogen-bond acceptors (Lipinski definition) is 0. The van der Waals surface area contributed by atoms with E-state index in [0.29, 0.717) is 11.8 Å². The lowest BCUT2D eigenvalue weighted by atomic mass is 9.73. The van der Waals surface area contributed by atoms with Crippen molar-refractivity contribution < 1.29 is 0 Å². The summed E-state index contributed by atoms with van der Waals surface area (Å²) in [7, 11) is 0. The molecule has 0 saturated heterocycles. The van der Waals surface area contributed by atoms with Gasteiger partial charge in [0.1, 0.15) is 0 Å². The zero-order valence-corrected chi connectivity index (χ0v) is 7.53. The van der Waals surface area contributed by atoms with Crippen LogP contribution in [0.4, 0.5) is 0 Å². The number of fused-ring (bicyclic) bond motifs is 3. The van der Waals surface area contributed by atoms with Gasteiger partial charge in [-0.2, -0.15) is 0 Å². The van der Waals surface area contributed by atoms with Crippen molar-refractivity contribution in [3.05, 3.63) is 54.0 Å². The van der Waals surface area contributed by atoms with Crippen LogP contribution in [-0.4, -0.2) is 0 Å². The Morgan fingerprint density at radius 1 is 1.23 bits per heavy atom. The van der Waals surface area contributed by atoms with Gasteiger partial charge in [-0.3, -0.25) is 0 Å². The summed E-state index contributed by atoms with van der Waals surface area (Å²) in [4.78, 5) is 0. The second kappa shape index (κ2) is 2.73. The van der Waals surface area contributed by atoms with Crippen molar-refractivity contribution in [2.24, 2.45) is 11.8 Å². The van der Waals surface area contributed by atoms with Crippen LogP contribution in [0, 0.1) is 18.3 Å². The summed E-state index contributed by atoms with van der Waals surface area (Å²) < 4.78 is 0. The van der Waals surface area contributed by atoms with Crippen LogP contribution in [0.2, 0.25) is 0 Å². The standard InChI is InChI=1S/C13H12/c1-2-6-12-10(4-1)8-9-11-5-3-7-13(11)12/h2-3,5-8,12-13H,1,4H2. The second-order valence-corrected chi connectivity index (χ2v) is 3.89. The normalized spacial score (nSPS) is 35.1. The third-order valence-electron chi connectivity index (χ3n) is 3.14. The molecule has 0 saturated carbocycles. The van der Waals surface area contributed by atoms with Crippen molar-refractivity contribution in [2.45, 2.75) is 12.8 Å². The highest BCUT2D eigenvalue weighted by molar-refractivity contribution is 5.45. The predicted octanol–water partition coefficient (Wildman–Crippen LogP) is 3.09. The fourth-order valence-electron chi connectivity index (χ4n) is 2.43. The van der Waals surface area contributed by atoms with Gasteiger partial charge in [0, 0.05) is 18.3 Å². The van der Waals surface area contributed by atoms with E-state index in [9.17, 15) is 0 Å². The van der Waals surface area contributed by atoms with E-state index in [-0.39, 0.29) is 0 Å². The van der Waals surface area contributed by atoms with E-state index in [0.717, 1.165) is 0 Å². The Kier molecular flexibility index (Phi) is 1.55. The lowest BCUT2D eigenvalue weighted by Gasteiger charge is -2.31. The molecule has 13 heavy (non-hydrogen) atoms. The predicted molar refractivity (Wildman–Crippen MR) is 53.9 cm³/mol. The van der Waals surface area contributed by atoms with E-state index in [2.05, 4.69) is 42.9 Å². The average molecular weight is 168 g/mol. The maximum absolute atomic E-state index is 3.38. The topological polar surface area (TPSA) is 0 Å². The second-order valence-electron chi connectivity index (χ2n) is 3.89. The fraction of sp³-hybridized carbons (Fsp3) is 0.308. The molecule has 3 rings (SSSR count). The molecule has 2 radical (unpaired) electrons. The van der Waals surface area contributed by atoms with Crippen LogP contribution >= 0.6 is 0 Å². The van der Waals surface area contributed by atoms with Gasteiger partial charge in [0.05, 0.1) is 0 Å². The molecule has 2 unspecified atom stereocenters. The van der Waals surface area contributed by atoms with Crippen LogP contribution < -0.4 is 0 Å². The van der Waals surface area contributed by atoms with Gasteiger partial charge >= 0.3 is 0 Å². The molecule has 0 bridgehead atoms. The SMILES string of the molecule is [C]1C=C2CCC=CC2C2C=CC=C12. The van der Waals surface area contributed by atoms with E-state index in [1.807, 2.05) is 0 Å². The summed E-state index contributed by atoms with van der Waals surface area (Å²) in [6, 6.07) is 0. The fourth-order valence-corrected chi connectivity index (χ4v) is 2.43. The van der Waals surface area contributed by atoms with E-state index in [4.69, 9.17) is 0 Å². The maximum atomic E-state index is 3.38. The van der Waals surface area contributed by atoms with Crippen molar-refractivity contribution in [3.8, 4) is 0 Å².